The predicted octanol–water partition coefficient (Wildman–Crippen LogP) is 4.38. The van der Waals surface area contributed by atoms with E-state index >= 15 is 0 Å². The third-order valence-corrected chi connectivity index (χ3v) is 6.11. The van der Waals surface area contributed by atoms with Crippen LogP contribution in [0.4, 0.5) is 8.78 Å². The molecule has 4 rings (SSSR count). The maximum atomic E-state index is 14.4. The van der Waals surface area contributed by atoms with Gasteiger partial charge in [-0.05, 0) is 23.8 Å². The van der Waals surface area contributed by atoms with Crippen molar-refractivity contribution in [3.8, 4) is 22.6 Å². The average molecular weight is 402 g/mol. The molecule has 3 aromatic rings. The molecule has 0 saturated heterocycles. The van der Waals surface area contributed by atoms with Crippen molar-refractivity contribution in [2.24, 2.45) is 0 Å². The highest BCUT2D eigenvalue weighted by Crippen LogP contribution is 2.38. The van der Waals surface area contributed by atoms with E-state index in [4.69, 9.17) is 9.47 Å². The molecule has 0 atom stereocenters. The number of fused-ring (bicyclic) bond motifs is 1. The van der Waals surface area contributed by atoms with Crippen LogP contribution >= 0.6 is 0 Å². The second-order valence-corrected chi connectivity index (χ2v) is 8.29. The van der Waals surface area contributed by atoms with Gasteiger partial charge in [0.1, 0.15) is 29.7 Å². The van der Waals surface area contributed by atoms with Crippen molar-refractivity contribution in [1.82, 2.24) is 0 Å². The van der Waals surface area contributed by atoms with Crippen LogP contribution in [0.3, 0.4) is 0 Å². The monoisotopic (exact) mass is 402 g/mol. The van der Waals surface area contributed by atoms with Crippen molar-refractivity contribution in [2.45, 2.75) is 10.6 Å². The van der Waals surface area contributed by atoms with E-state index in [-0.39, 0.29) is 28.4 Å². The van der Waals surface area contributed by atoms with Crippen molar-refractivity contribution in [2.75, 3.05) is 13.2 Å². The molecule has 0 spiro atoms. The van der Waals surface area contributed by atoms with Crippen LogP contribution in [-0.2, 0) is 15.6 Å². The van der Waals surface area contributed by atoms with E-state index in [2.05, 4.69) is 0 Å². The third-order valence-electron chi connectivity index (χ3n) is 4.43. The van der Waals surface area contributed by atoms with Gasteiger partial charge in [0.05, 0.1) is 5.75 Å². The summed E-state index contributed by atoms with van der Waals surface area (Å²) in [4.78, 5) is -0.0744. The lowest BCUT2D eigenvalue weighted by atomic mass is 10.0. The van der Waals surface area contributed by atoms with Crippen LogP contribution < -0.4 is 9.47 Å². The molecular formula is C21H16F2O4S. The number of ether oxygens (including phenoxy) is 2. The Labute approximate surface area is 161 Å². The van der Waals surface area contributed by atoms with Gasteiger partial charge in [0.25, 0.3) is 0 Å². The Morgan fingerprint density at radius 1 is 0.857 bits per heavy atom. The van der Waals surface area contributed by atoms with E-state index in [9.17, 15) is 17.2 Å². The van der Waals surface area contributed by atoms with Crippen LogP contribution in [-0.4, -0.2) is 21.6 Å². The summed E-state index contributed by atoms with van der Waals surface area (Å²) in [6.07, 6.45) is 0. The van der Waals surface area contributed by atoms with Gasteiger partial charge < -0.3 is 9.47 Å². The van der Waals surface area contributed by atoms with Gasteiger partial charge in [-0.15, -0.1) is 0 Å². The highest BCUT2D eigenvalue weighted by atomic mass is 32.2. The molecule has 0 bridgehead atoms. The second kappa shape index (κ2) is 7.24. The van der Waals surface area contributed by atoms with E-state index in [0.717, 1.165) is 0 Å². The quantitative estimate of drug-likeness (QED) is 0.650. The van der Waals surface area contributed by atoms with Crippen molar-refractivity contribution >= 4 is 9.84 Å². The number of sulfone groups is 1. The Hall–Kier alpha value is -2.93. The molecule has 28 heavy (non-hydrogen) atoms. The van der Waals surface area contributed by atoms with E-state index in [0.29, 0.717) is 24.0 Å². The number of hydrogen-bond acceptors (Lipinski definition) is 4. The number of benzene rings is 3. The number of para-hydroxylation sites is 1. The lowest BCUT2D eigenvalue weighted by Gasteiger charge is -2.21. The van der Waals surface area contributed by atoms with Gasteiger partial charge in [0, 0.05) is 17.2 Å². The van der Waals surface area contributed by atoms with Crippen LogP contribution in [0.5, 0.6) is 11.5 Å². The first-order valence-corrected chi connectivity index (χ1v) is 10.3. The molecule has 0 aromatic heterocycles. The second-order valence-electron chi connectivity index (χ2n) is 6.33. The zero-order chi connectivity index (χ0) is 19.7. The van der Waals surface area contributed by atoms with Crippen molar-refractivity contribution in [1.29, 1.82) is 0 Å². The molecule has 0 aliphatic carbocycles. The molecule has 0 fully saturated rings. The molecule has 4 nitrogen and oxygen atoms in total. The van der Waals surface area contributed by atoms with Crippen molar-refractivity contribution < 1.29 is 26.7 Å². The minimum absolute atomic E-state index is 0.0744. The first-order valence-electron chi connectivity index (χ1n) is 8.60. The van der Waals surface area contributed by atoms with E-state index in [1.54, 1.807) is 36.4 Å². The minimum atomic E-state index is -3.96. The number of rotatable bonds is 4. The van der Waals surface area contributed by atoms with Gasteiger partial charge in [0.15, 0.2) is 21.3 Å². The van der Waals surface area contributed by atoms with E-state index in [1.807, 2.05) is 0 Å². The molecule has 0 amide bonds. The van der Waals surface area contributed by atoms with Crippen LogP contribution in [0.2, 0.25) is 0 Å². The highest BCUT2D eigenvalue weighted by molar-refractivity contribution is 7.90. The molecule has 0 radical (unpaired) electrons. The van der Waals surface area contributed by atoms with Crippen molar-refractivity contribution in [3.05, 3.63) is 77.9 Å². The maximum absolute atomic E-state index is 14.4. The third kappa shape index (κ3) is 3.45. The largest absolute Gasteiger partial charge is 0.486 e. The molecule has 144 valence electrons. The Balaban J connectivity index is 1.75. The van der Waals surface area contributed by atoms with Gasteiger partial charge in [-0.3, -0.25) is 0 Å². The summed E-state index contributed by atoms with van der Waals surface area (Å²) in [5.74, 6) is -1.84. The molecule has 0 unspecified atom stereocenters. The molecule has 0 saturated carbocycles. The zero-order valence-corrected chi connectivity index (χ0v) is 15.5. The van der Waals surface area contributed by atoms with Gasteiger partial charge in [-0.1, -0.05) is 36.4 Å². The molecule has 7 heteroatoms. The van der Waals surface area contributed by atoms with E-state index in [1.165, 1.54) is 18.2 Å². The summed E-state index contributed by atoms with van der Waals surface area (Å²) >= 11 is 0. The SMILES string of the molecule is O=S(=O)(Cc1cc(-c2ccccc2)c(F)cc1F)c1cccc2c1OCCO2. The van der Waals surface area contributed by atoms with E-state index < -0.39 is 27.2 Å². The topological polar surface area (TPSA) is 52.6 Å². The zero-order valence-electron chi connectivity index (χ0n) is 14.7. The molecular weight excluding hydrogens is 386 g/mol. The summed E-state index contributed by atoms with van der Waals surface area (Å²) in [6, 6.07) is 15.1. The number of hydrogen-bond donors (Lipinski definition) is 0. The maximum Gasteiger partial charge on any atom is 0.186 e. The standard InChI is InChI=1S/C21H16F2O4S/c22-17-12-18(23)16(14-5-2-1-3-6-14)11-15(17)13-28(24,25)20-8-4-7-19-21(20)27-10-9-26-19/h1-8,11-12H,9-10,13H2. The Kier molecular flexibility index (Phi) is 4.77. The van der Waals surface area contributed by atoms with Gasteiger partial charge in [-0.25, -0.2) is 17.2 Å². The normalized spacial score (nSPS) is 13.4. The smallest absolute Gasteiger partial charge is 0.186 e. The summed E-state index contributed by atoms with van der Waals surface area (Å²) in [6.45, 7) is 0.548. The van der Waals surface area contributed by atoms with Crippen molar-refractivity contribution in [3.63, 3.8) is 0 Å². The van der Waals surface area contributed by atoms with Crippen LogP contribution in [0, 0.1) is 11.6 Å². The fraction of sp³-hybridized carbons (Fsp3) is 0.143. The Morgan fingerprint density at radius 2 is 1.61 bits per heavy atom. The first-order chi connectivity index (χ1) is 13.5. The average Bonchev–Trinajstić information content (AvgIpc) is 2.70. The summed E-state index contributed by atoms with van der Waals surface area (Å²) in [5.41, 5.74) is 0.559. The summed E-state index contributed by atoms with van der Waals surface area (Å²) < 4.78 is 65.4. The lowest BCUT2D eigenvalue weighted by molar-refractivity contribution is 0.167. The molecule has 1 aliphatic rings. The highest BCUT2D eigenvalue weighted by Gasteiger charge is 2.27. The lowest BCUT2D eigenvalue weighted by Crippen LogP contribution is -2.18. The van der Waals surface area contributed by atoms with Gasteiger partial charge in [0.2, 0.25) is 0 Å². The fourth-order valence-electron chi connectivity index (χ4n) is 3.12. The molecule has 1 aliphatic heterocycles. The van der Waals surface area contributed by atoms with Crippen LogP contribution in [0.15, 0.2) is 65.6 Å². The molecule has 3 aromatic carbocycles. The fourth-order valence-corrected chi connectivity index (χ4v) is 4.63. The molecule has 1 heterocycles. The first kappa shape index (κ1) is 18.4. The van der Waals surface area contributed by atoms with Crippen LogP contribution in [0.25, 0.3) is 11.1 Å². The summed E-state index contributed by atoms with van der Waals surface area (Å²) in [7, 11) is -3.96. The van der Waals surface area contributed by atoms with Crippen LogP contribution in [0.1, 0.15) is 5.56 Å². The van der Waals surface area contributed by atoms with Gasteiger partial charge in [-0.2, -0.15) is 0 Å². The summed E-state index contributed by atoms with van der Waals surface area (Å²) in [5, 5.41) is 0. The molecule has 0 N–H and O–H groups in total. The number of halogens is 2. The Bertz CT molecular complexity index is 1130. The predicted molar refractivity (Wildman–Crippen MR) is 100 cm³/mol. The van der Waals surface area contributed by atoms with Gasteiger partial charge >= 0.3 is 0 Å². The Morgan fingerprint density at radius 3 is 2.39 bits per heavy atom. The minimum Gasteiger partial charge on any atom is -0.486 e.